The Bertz CT molecular complexity index is 732. The van der Waals surface area contributed by atoms with Gasteiger partial charge in [-0.25, -0.2) is 0 Å². The van der Waals surface area contributed by atoms with Crippen molar-refractivity contribution in [1.29, 1.82) is 0 Å². The van der Waals surface area contributed by atoms with Crippen LogP contribution in [0.25, 0.3) is 0 Å². The number of alkyl halides is 7. The minimum atomic E-state index is -6.62. The standard InChI is InChI=1S/C14H10BrF7N2O2/c1-7(23-24-11(26)8-4-2-3-5-9(8)15)6-10(25)12(16,17)13(18,19)14(20,21)22/h2-6,23H,1H3,(H,24,26)/b7-6+. The molecule has 0 unspecified atom stereocenters. The number of carbonyl (C=O) groups is 2. The van der Waals surface area contributed by atoms with E-state index in [1.807, 2.05) is 10.9 Å². The molecule has 0 spiro atoms. The van der Waals surface area contributed by atoms with Gasteiger partial charge < -0.3 is 5.43 Å². The van der Waals surface area contributed by atoms with Gasteiger partial charge >= 0.3 is 18.0 Å². The molecule has 0 aromatic heterocycles. The number of amides is 1. The molecule has 0 aliphatic rings. The fraction of sp³-hybridized carbons (Fsp3) is 0.286. The number of allylic oxidation sites excluding steroid dienone is 2. The lowest BCUT2D eigenvalue weighted by Crippen LogP contribution is -2.55. The normalized spacial score (nSPS) is 13.3. The van der Waals surface area contributed by atoms with Crippen LogP contribution in [0.5, 0.6) is 0 Å². The third-order valence-electron chi connectivity index (χ3n) is 2.90. The molecule has 0 heterocycles. The molecule has 1 aromatic rings. The molecule has 1 rings (SSSR count). The van der Waals surface area contributed by atoms with Crippen molar-refractivity contribution in [3.63, 3.8) is 0 Å². The first-order chi connectivity index (χ1) is 11.7. The molecule has 0 fully saturated rings. The van der Waals surface area contributed by atoms with Crippen LogP contribution in [-0.2, 0) is 4.79 Å². The van der Waals surface area contributed by atoms with Gasteiger partial charge in [0.25, 0.3) is 5.91 Å². The van der Waals surface area contributed by atoms with Crippen molar-refractivity contribution in [3.05, 3.63) is 46.1 Å². The van der Waals surface area contributed by atoms with Gasteiger partial charge in [0.1, 0.15) is 0 Å². The molecule has 2 N–H and O–H groups in total. The van der Waals surface area contributed by atoms with Crippen LogP contribution in [-0.4, -0.2) is 29.7 Å². The average Bonchev–Trinajstić information content (AvgIpc) is 2.51. The summed E-state index contributed by atoms with van der Waals surface area (Å²) in [5.74, 6) is -16.1. The number of ketones is 1. The van der Waals surface area contributed by atoms with Gasteiger partial charge in [0, 0.05) is 16.2 Å². The highest BCUT2D eigenvalue weighted by molar-refractivity contribution is 9.10. The molecule has 4 nitrogen and oxygen atoms in total. The van der Waals surface area contributed by atoms with E-state index in [0.717, 1.165) is 6.92 Å². The Labute approximate surface area is 150 Å². The summed E-state index contributed by atoms with van der Waals surface area (Å²) in [7, 11) is 0. The van der Waals surface area contributed by atoms with E-state index in [2.05, 4.69) is 15.9 Å². The van der Waals surface area contributed by atoms with E-state index < -0.39 is 35.4 Å². The Kier molecular flexibility index (Phi) is 6.44. The molecule has 0 saturated carbocycles. The molecular weight excluding hydrogens is 441 g/mol. The summed E-state index contributed by atoms with van der Waals surface area (Å²) >= 11 is 3.06. The highest BCUT2D eigenvalue weighted by Crippen LogP contribution is 2.47. The second-order valence-corrected chi connectivity index (χ2v) is 5.75. The Morgan fingerprint density at radius 3 is 2.04 bits per heavy atom. The van der Waals surface area contributed by atoms with Crippen molar-refractivity contribution in [2.45, 2.75) is 24.9 Å². The predicted molar refractivity (Wildman–Crippen MR) is 79.5 cm³/mol. The molecule has 26 heavy (non-hydrogen) atoms. The van der Waals surface area contributed by atoms with Crippen LogP contribution in [0.1, 0.15) is 17.3 Å². The summed E-state index contributed by atoms with van der Waals surface area (Å²) in [6.45, 7) is 0.903. The minimum absolute atomic E-state index is 0.105. The highest BCUT2D eigenvalue weighted by Gasteiger charge is 2.75. The zero-order valence-corrected chi connectivity index (χ0v) is 14.3. The van der Waals surface area contributed by atoms with Gasteiger partial charge in [-0.15, -0.1) is 0 Å². The molecule has 0 radical (unpaired) electrons. The molecule has 144 valence electrons. The lowest BCUT2D eigenvalue weighted by molar-refractivity contribution is -0.342. The van der Waals surface area contributed by atoms with Gasteiger partial charge in [0.05, 0.1) is 5.56 Å². The lowest BCUT2D eigenvalue weighted by Gasteiger charge is -2.26. The molecule has 1 amide bonds. The average molecular weight is 451 g/mol. The first-order valence-corrected chi connectivity index (χ1v) is 7.37. The van der Waals surface area contributed by atoms with Crippen molar-refractivity contribution < 1.29 is 40.3 Å². The SMILES string of the molecule is C/C(=C\C(=O)C(F)(F)C(F)(F)C(F)(F)F)NNC(=O)c1ccccc1Br. The van der Waals surface area contributed by atoms with Crippen LogP contribution in [0.3, 0.4) is 0 Å². The van der Waals surface area contributed by atoms with Gasteiger partial charge in [0.15, 0.2) is 0 Å². The summed E-state index contributed by atoms with van der Waals surface area (Å²) in [4.78, 5) is 23.0. The molecular formula is C14H10BrF7N2O2. The van der Waals surface area contributed by atoms with Crippen molar-refractivity contribution in [1.82, 2.24) is 10.9 Å². The van der Waals surface area contributed by atoms with Gasteiger partial charge in [0.2, 0.25) is 5.78 Å². The number of rotatable bonds is 6. The Balaban J connectivity index is 2.85. The number of carbonyl (C=O) groups excluding carboxylic acids is 2. The zero-order chi connectivity index (χ0) is 20.3. The van der Waals surface area contributed by atoms with E-state index in [4.69, 9.17) is 0 Å². The van der Waals surface area contributed by atoms with Crippen LogP contribution < -0.4 is 10.9 Å². The number of hydrazine groups is 1. The predicted octanol–water partition coefficient (Wildman–Crippen LogP) is 3.99. The molecule has 1 aromatic carbocycles. The first-order valence-electron chi connectivity index (χ1n) is 6.57. The van der Waals surface area contributed by atoms with Crippen LogP contribution in [0.4, 0.5) is 30.7 Å². The fourth-order valence-corrected chi connectivity index (χ4v) is 1.99. The van der Waals surface area contributed by atoms with Crippen LogP contribution in [0, 0.1) is 0 Å². The second-order valence-electron chi connectivity index (χ2n) is 4.90. The van der Waals surface area contributed by atoms with Gasteiger partial charge in [-0.05, 0) is 35.0 Å². The number of benzene rings is 1. The van der Waals surface area contributed by atoms with Crippen LogP contribution >= 0.6 is 15.9 Å². The smallest absolute Gasteiger partial charge is 0.303 e. The molecule has 0 atom stereocenters. The number of nitrogens with one attached hydrogen (secondary N) is 2. The lowest BCUT2D eigenvalue weighted by atomic mass is 10.1. The topological polar surface area (TPSA) is 58.2 Å². The minimum Gasteiger partial charge on any atom is -0.303 e. The number of halogens is 8. The second kappa shape index (κ2) is 7.64. The van der Waals surface area contributed by atoms with Gasteiger partial charge in [-0.1, -0.05) is 12.1 Å². The molecule has 0 aliphatic carbocycles. The van der Waals surface area contributed by atoms with Crippen molar-refractivity contribution >= 4 is 27.6 Å². The van der Waals surface area contributed by atoms with E-state index >= 15 is 0 Å². The maximum Gasteiger partial charge on any atom is 0.460 e. The summed E-state index contributed by atoms with van der Waals surface area (Å²) in [6, 6.07) is 6.00. The number of hydrogen-bond donors (Lipinski definition) is 2. The maximum absolute atomic E-state index is 13.2. The first kappa shape index (κ1) is 21.9. The van der Waals surface area contributed by atoms with E-state index in [-0.39, 0.29) is 11.6 Å². The molecule has 0 aliphatic heterocycles. The molecule has 0 saturated heterocycles. The summed E-state index contributed by atoms with van der Waals surface area (Å²) in [6.07, 6.45) is -6.78. The Morgan fingerprint density at radius 1 is 1.00 bits per heavy atom. The van der Waals surface area contributed by atoms with Gasteiger partial charge in [-0.2, -0.15) is 30.7 Å². The van der Waals surface area contributed by atoms with Crippen molar-refractivity contribution in [3.8, 4) is 0 Å². The van der Waals surface area contributed by atoms with E-state index in [1.54, 1.807) is 6.07 Å². The van der Waals surface area contributed by atoms with Crippen LogP contribution in [0.2, 0.25) is 0 Å². The summed E-state index contributed by atoms with van der Waals surface area (Å²) in [5, 5.41) is 0. The zero-order valence-electron chi connectivity index (χ0n) is 12.7. The quantitative estimate of drug-likeness (QED) is 0.391. The van der Waals surface area contributed by atoms with Crippen molar-refractivity contribution in [2.24, 2.45) is 0 Å². The Morgan fingerprint density at radius 2 is 1.54 bits per heavy atom. The summed E-state index contributed by atoms with van der Waals surface area (Å²) < 4.78 is 88.4. The van der Waals surface area contributed by atoms with E-state index in [9.17, 15) is 40.3 Å². The van der Waals surface area contributed by atoms with Crippen molar-refractivity contribution in [2.75, 3.05) is 0 Å². The Hall–Kier alpha value is -2.11. The third-order valence-corrected chi connectivity index (χ3v) is 3.59. The number of hydrogen-bond acceptors (Lipinski definition) is 3. The van der Waals surface area contributed by atoms with E-state index in [1.165, 1.54) is 18.2 Å². The van der Waals surface area contributed by atoms with Crippen LogP contribution in [0.15, 0.2) is 40.5 Å². The maximum atomic E-state index is 13.2. The largest absolute Gasteiger partial charge is 0.460 e. The highest BCUT2D eigenvalue weighted by atomic mass is 79.9. The monoisotopic (exact) mass is 450 g/mol. The van der Waals surface area contributed by atoms with E-state index in [0.29, 0.717) is 4.47 Å². The molecule has 0 bridgehead atoms. The molecule has 12 heteroatoms. The fourth-order valence-electron chi connectivity index (χ4n) is 1.52. The van der Waals surface area contributed by atoms with Gasteiger partial charge in [-0.3, -0.25) is 15.0 Å². The summed E-state index contributed by atoms with van der Waals surface area (Å²) in [5.41, 5.74) is 3.45. The third kappa shape index (κ3) is 4.54.